The van der Waals surface area contributed by atoms with Crippen LogP contribution in [0, 0.1) is 5.92 Å². The molecular formula is C21H26N2O3. The topological polar surface area (TPSA) is 80.5 Å². The van der Waals surface area contributed by atoms with Gasteiger partial charge in [0.2, 0.25) is 11.8 Å². The number of aryl methyl sites for hydroxylation is 1. The Hall–Kier alpha value is -2.43. The van der Waals surface area contributed by atoms with Gasteiger partial charge in [0.25, 0.3) is 0 Å². The maximum Gasteiger partial charge on any atom is 0.240 e. The van der Waals surface area contributed by atoms with Crippen LogP contribution in [0.4, 0.5) is 0 Å². The van der Waals surface area contributed by atoms with Crippen molar-refractivity contribution in [3.8, 4) is 0 Å². The summed E-state index contributed by atoms with van der Waals surface area (Å²) in [5.41, 5.74) is 7.28. The normalized spacial score (nSPS) is 22.3. The van der Waals surface area contributed by atoms with Crippen molar-refractivity contribution in [2.75, 3.05) is 6.54 Å². The van der Waals surface area contributed by atoms with Gasteiger partial charge in [0, 0.05) is 18.5 Å². The lowest BCUT2D eigenvalue weighted by Gasteiger charge is -2.26. The van der Waals surface area contributed by atoms with Gasteiger partial charge in [0.1, 0.15) is 6.04 Å². The van der Waals surface area contributed by atoms with E-state index in [0.29, 0.717) is 31.4 Å². The number of hydrogen-bond acceptors (Lipinski definition) is 3. The van der Waals surface area contributed by atoms with E-state index in [1.807, 2.05) is 24.3 Å². The molecular weight excluding hydrogens is 328 g/mol. The van der Waals surface area contributed by atoms with Crippen LogP contribution in [0.1, 0.15) is 44.1 Å². The molecule has 1 aromatic rings. The molecule has 0 bridgehead atoms. The molecule has 1 heterocycles. The number of hydrogen-bond donors (Lipinski definition) is 1. The van der Waals surface area contributed by atoms with Gasteiger partial charge in [-0.2, -0.15) is 0 Å². The first-order valence-corrected chi connectivity index (χ1v) is 9.45. The van der Waals surface area contributed by atoms with Crippen molar-refractivity contribution < 1.29 is 14.4 Å². The second-order valence-electron chi connectivity index (χ2n) is 7.14. The van der Waals surface area contributed by atoms with Crippen molar-refractivity contribution in [2.24, 2.45) is 11.7 Å². The molecule has 1 saturated heterocycles. The average molecular weight is 354 g/mol. The highest BCUT2D eigenvalue weighted by molar-refractivity contribution is 6.02. The van der Waals surface area contributed by atoms with Crippen molar-refractivity contribution in [2.45, 2.75) is 51.0 Å². The summed E-state index contributed by atoms with van der Waals surface area (Å²) in [4.78, 5) is 38.7. The van der Waals surface area contributed by atoms with Crippen molar-refractivity contribution in [1.82, 2.24) is 4.90 Å². The summed E-state index contributed by atoms with van der Waals surface area (Å²) >= 11 is 0. The number of likely N-dealkylation sites (tertiary alicyclic amines) is 1. The molecule has 0 radical (unpaired) electrons. The number of carbonyl (C=O) groups is 3. The van der Waals surface area contributed by atoms with Gasteiger partial charge in [-0.3, -0.25) is 14.4 Å². The Kier molecular flexibility index (Phi) is 5.86. The summed E-state index contributed by atoms with van der Waals surface area (Å²) in [6.07, 6.45) is 6.79. The molecule has 2 atom stereocenters. The number of primary amides is 1. The third-order valence-corrected chi connectivity index (χ3v) is 5.39. The molecule has 2 aliphatic rings. The summed E-state index contributed by atoms with van der Waals surface area (Å²) < 4.78 is 0. The Labute approximate surface area is 154 Å². The van der Waals surface area contributed by atoms with Gasteiger partial charge < -0.3 is 10.6 Å². The molecule has 5 heteroatoms. The third kappa shape index (κ3) is 4.03. The van der Waals surface area contributed by atoms with Crippen molar-refractivity contribution in [1.29, 1.82) is 0 Å². The predicted molar refractivity (Wildman–Crippen MR) is 99.1 cm³/mol. The predicted octanol–water partition coefficient (Wildman–Crippen LogP) is 2.39. The maximum absolute atomic E-state index is 12.9. The van der Waals surface area contributed by atoms with Crippen LogP contribution < -0.4 is 5.73 Å². The Bertz CT molecular complexity index is 711. The number of nitrogens with two attached hydrogens (primary N) is 1. The van der Waals surface area contributed by atoms with Crippen LogP contribution in [-0.2, 0) is 20.8 Å². The van der Waals surface area contributed by atoms with Crippen LogP contribution in [-0.4, -0.2) is 35.1 Å². The molecule has 2 amide bonds. The molecule has 3 rings (SSSR count). The zero-order chi connectivity index (χ0) is 18.5. The first kappa shape index (κ1) is 18.4. The fourth-order valence-electron chi connectivity index (χ4n) is 4.04. The monoisotopic (exact) mass is 354 g/mol. The molecule has 0 aromatic heterocycles. The molecule has 1 aliphatic heterocycles. The van der Waals surface area contributed by atoms with E-state index in [0.717, 1.165) is 25.7 Å². The number of benzene rings is 1. The van der Waals surface area contributed by atoms with Gasteiger partial charge in [-0.25, -0.2) is 0 Å². The van der Waals surface area contributed by atoms with E-state index in [1.54, 1.807) is 4.90 Å². The van der Waals surface area contributed by atoms with E-state index in [9.17, 15) is 14.4 Å². The number of nitrogens with zero attached hydrogens (tertiary/aromatic N) is 1. The van der Waals surface area contributed by atoms with E-state index in [-0.39, 0.29) is 11.7 Å². The molecule has 5 nitrogen and oxygen atoms in total. The number of amides is 2. The Balaban J connectivity index is 1.58. The van der Waals surface area contributed by atoms with Crippen LogP contribution in [0.2, 0.25) is 0 Å². The van der Waals surface area contributed by atoms with Gasteiger partial charge in [-0.05, 0) is 44.1 Å². The first-order valence-electron chi connectivity index (χ1n) is 9.45. The summed E-state index contributed by atoms with van der Waals surface area (Å²) in [7, 11) is 0. The SMILES string of the molecule is NC(=O)[C@@H]1CCCN1C(=O)C1CCC=C1C(=O)CCCc1ccccc1. The molecule has 0 spiro atoms. The summed E-state index contributed by atoms with van der Waals surface area (Å²) in [5.74, 6) is -0.897. The lowest BCUT2D eigenvalue weighted by atomic mass is 9.93. The molecule has 2 N–H and O–H groups in total. The van der Waals surface area contributed by atoms with Crippen LogP contribution in [0.15, 0.2) is 42.0 Å². The summed E-state index contributed by atoms with van der Waals surface area (Å²) in [5, 5.41) is 0. The fraction of sp³-hybridized carbons (Fsp3) is 0.476. The Morgan fingerprint density at radius 1 is 1.12 bits per heavy atom. The molecule has 0 saturated carbocycles. The average Bonchev–Trinajstić information content (AvgIpc) is 3.31. The second kappa shape index (κ2) is 8.30. The van der Waals surface area contributed by atoms with Gasteiger partial charge >= 0.3 is 0 Å². The molecule has 1 fully saturated rings. The minimum Gasteiger partial charge on any atom is -0.368 e. The third-order valence-electron chi connectivity index (χ3n) is 5.39. The highest BCUT2D eigenvalue weighted by Crippen LogP contribution is 2.32. The second-order valence-corrected chi connectivity index (χ2v) is 7.14. The smallest absolute Gasteiger partial charge is 0.240 e. The summed E-state index contributed by atoms with van der Waals surface area (Å²) in [6, 6.07) is 9.57. The zero-order valence-corrected chi connectivity index (χ0v) is 15.0. The van der Waals surface area contributed by atoms with E-state index in [4.69, 9.17) is 5.73 Å². The number of allylic oxidation sites excluding steroid dienone is 1. The maximum atomic E-state index is 12.9. The van der Waals surface area contributed by atoms with Crippen molar-refractivity contribution in [3.63, 3.8) is 0 Å². The molecule has 26 heavy (non-hydrogen) atoms. The zero-order valence-electron chi connectivity index (χ0n) is 15.0. The molecule has 138 valence electrons. The van der Waals surface area contributed by atoms with E-state index in [2.05, 4.69) is 12.1 Å². The quantitative estimate of drug-likeness (QED) is 0.816. The van der Waals surface area contributed by atoms with Crippen LogP contribution >= 0.6 is 0 Å². The lowest BCUT2D eigenvalue weighted by molar-refractivity contribution is -0.140. The molecule has 1 unspecified atom stereocenters. The Morgan fingerprint density at radius 2 is 1.88 bits per heavy atom. The molecule has 1 aromatic carbocycles. The largest absolute Gasteiger partial charge is 0.368 e. The van der Waals surface area contributed by atoms with E-state index in [1.165, 1.54) is 5.56 Å². The lowest BCUT2D eigenvalue weighted by Crippen LogP contribution is -2.46. The minimum absolute atomic E-state index is 0.0617. The van der Waals surface area contributed by atoms with Crippen LogP contribution in [0.25, 0.3) is 0 Å². The van der Waals surface area contributed by atoms with Crippen molar-refractivity contribution >= 4 is 17.6 Å². The standard InChI is InChI=1S/C21H26N2O3/c22-20(25)18-12-6-14-23(18)21(26)17-11-5-10-16(17)19(24)13-4-9-15-7-2-1-3-8-15/h1-3,7-8,10,17-18H,4-6,9,11-14H2,(H2,22,25)/t17?,18-/m0/s1. The van der Waals surface area contributed by atoms with Crippen LogP contribution in [0.5, 0.6) is 0 Å². The van der Waals surface area contributed by atoms with Gasteiger partial charge in [0.15, 0.2) is 5.78 Å². The van der Waals surface area contributed by atoms with Gasteiger partial charge in [-0.1, -0.05) is 36.4 Å². The highest BCUT2D eigenvalue weighted by atomic mass is 16.2. The summed E-state index contributed by atoms with van der Waals surface area (Å²) in [6.45, 7) is 0.554. The first-order chi connectivity index (χ1) is 12.6. The fourth-order valence-corrected chi connectivity index (χ4v) is 4.04. The number of carbonyl (C=O) groups excluding carboxylic acids is 3. The minimum atomic E-state index is -0.516. The number of Topliss-reactive ketones (excluding diaryl/α,β-unsaturated/α-hetero) is 1. The van der Waals surface area contributed by atoms with Gasteiger partial charge in [0.05, 0.1) is 5.92 Å². The van der Waals surface area contributed by atoms with Crippen molar-refractivity contribution in [3.05, 3.63) is 47.5 Å². The Morgan fingerprint density at radius 3 is 2.62 bits per heavy atom. The van der Waals surface area contributed by atoms with Crippen LogP contribution in [0.3, 0.4) is 0 Å². The highest BCUT2D eigenvalue weighted by Gasteiger charge is 2.39. The van der Waals surface area contributed by atoms with Gasteiger partial charge in [-0.15, -0.1) is 0 Å². The molecule has 1 aliphatic carbocycles. The van der Waals surface area contributed by atoms with E-state index < -0.39 is 17.9 Å². The van der Waals surface area contributed by atoms with E-state index >= 15 is 0 Å². The number of rotatable bonds is 7. The number of ketones is 1.